The van der Waals surface area contributed by atoms with Crippen LogP contribution in [0.3, 0.4) is 0 Å². The zero-order valence-electron chi connectivity index (χ0n) is 13.3. The second kappa shape index (κ2) is 6.69. The van der Waals surface area contributed by atoms with Gasteiger partial charge in [0.05, 0.1) is 6.21 Å². The zero-order valence-corrected chi connectivity index (χ0v) is 13.3. The summed E-state index contributed by atoms with van der Waals surface area (Å²) in [5.74, 6) is 3.22. The summed E-state index contributed by atoms with van der Waals surface area (Å²) in [6.07, 6.45) is 2.68. The highest BCUT2D eigenvalue weighted by atomic mass is 16.5. The van der Waals surface area contributed by atoms with Gasteiger partial charge in [-0.3, -0.25) is 4.79 Å². The standard InChI is InChI=1S/C18H20N2O3/c1-12-4-3-5-14(8-12)22-11-18(21)20-19-10-15-6-7-17(23-15)16-9-13(16)2/h3-8,10,13,16H,9,11H2,1-2H3,(H,20,21)/b19-10-/t13-,16+/m1/s1. The SMILES string of the molecule is Cc1cccc(OCC(=O)N/N=C\c2ccc([C@H]3C[C@H]3C)o2)c1. The highest BCUT2D eigenvalue weighted by molar-refractivity contribution is 5.81. The van der Waals surface area contributed by atoms with Crippen molar-refractivity contribution in [3.8, 4) is 5.75 Å². The lowest BCUT2D eigenvalue weighted by Gasteiger charge is -2.05. The van der Waals surface area contributed by atoms with Crippen molar-refractivity contribution in [1.29, 1.82) is 0 Å². The summed E-state index contributed by atoms with van der Waals surface area (Å²) in [7, 11) is 0. The third-order valence-electron chi connectivity index (χ3n) is 3.86. The Balaban J connectivity index is 1.44. The van der Waals surface area contributed by atoms with Crippen molar-refractivity contribution in [1.82, 2.24) is 5.43 Å². The van der Waals surface area contributed by atoms with Crippen LogP contribution >= 0.6 is 0 Å². The fraction of sp³-hybridized carbons (Fsp3) is 0.333. The summed E-state index contributed by atoms with van der Waals surface area (Å²) in [5.41, 5.74) is 3.51. The molecule has 2 aromatic rings. The van der Waals surface area contributed by atoms with E-state index in [2.05, 4.69) is 17.5 Å². The van der Waals surface area contributed by atoms with Crippen LogP contribution in [0.15, 0.2) is 45.9 Å². The van der Waals surface area contributed by atoms with Crippen molar-refractivity contribution in [3.05, 3.63) is 53.5 Å². The molecule has 1 aromatic heterocycles. The Morgan fingerprint density at radius 2 is 2.26 bits per heavy atom. The maximum atomic E-state index is 11.7. The van der Waals surface area contributed by atoms with Gasteiger partial charge in [-0.05, 0) is 49.1 Å². The number of nitrogens with zero attached hydrogens (tertiary/aromatic N) is 1. The largest absolute Gasteiger partial charge is 0.484 e. The van der Waals surface area contributed by atoms with Crippen molar-refractivity contribution in [2.24, 2.45) is 11.0 Å². The van der Waals surface area contributed by atoms with Crippen LogP contribution in [-0.2, 0) is 4.79 Å². The summed E-state index contributed by atoms with van der Waals surface area (Å²) in [6.45, 7) is 4.09. The number of rotatable bonds is 6. The molecule has 0 bridgehead atoms. The third kappa shape index (κ3) is 4.22. The molecule has 5 heteroatoms. The Kier molecular flexibility index (Phi) is 4.46. The van der Waals surface area contributed by atoms with Crippen LogP contribution in [0.2, 0.25) is 0 Å². The van der Waals surface area contributed by atoms with Gasteiger partial charge in [-0.15, -0.1) is 0 Å². The number of furan rings is 1. The molecule has 3 rings (SSSR count). The van der Waals surface area contributed by atoms with E-state index in [9.17, 15) is 4.79 Å². The molecule has 1 N–H and O–H groups in total. The molecular formula is C18H20N2O3. The second-order valence-electron chi connectivity index (χ2n) is 5.96. The Bertz CT molecular complexity index is 721. The van der Waals surface area contributed by atoms with Gasteiger partial charge in [0.25, 0.3) is 5.91 Å². The number of hydrogen-bond donors (Lipinski definition) is 1. The lowest BCUT2D eigenvalue weighted by molar-refractivity contribution is -0.123. The highest BCUT2D eigenvalue weighted by Gasteiger charge is 2.36. The molecule has 23 heavy (non-hydrogen) atoms. The van der Waals surface area contributed by atoms with Gasteiger partial charge in [-0.25, -0.2) is 5.43 Å². The van der Waals surface area contributed by atoms with Crippen LogP contribution in [0.4, 0.5) is 0 Å². The summed E-state index contributed by atoms with van der Waals surface area (Å²) >= 11 is 0. The maximum Gasteiger partial charge on any atom is 0.277 e. The van der Waals surface area contributed by atoms with Gasteiger partial charge in [0.15, 0.2) is 6.61 Å². The molecule has 0 aliphatic heterocycles. The molecule has 1 amide bonds. The fourth-order valence-electron chi connectivity index (χ4n) is 2.41. The van der Waals surface area contributed by atoms with E-state index in [4.69, 9.17) is 9.15 Å². The molecule has 0 unspecified atom stereocenters. The molecule has 1 heterocycles. The molecule has 2 atom stereocenters. The predicted molar refractivity (Wildman–Crippen MR) is 87.6 cm³/mol. The summed E-state index contributed by atoms with van der Waals surface area (Å²) in [6, 6.07) is 11.4. The minimum atomic E-state index is -0.314. The summed E-state index contributed by atoms with van der Waals surface area (Å²) in [4.78, 5) is 11.7. The van der Waals surface area contributed by atoms with Crippen LogP contribution in [-0.4, -0.2) is 18.7 Å². The number of amides is 1. The van der Waals surface area contributed by atoms with Gasteiger partial charge in [0.2, 0.25) is 0 Å². The normalized spacial score (nSPS) is 19.7. The van der Waals surface area contributed by atoms with E-state index >= 15 is 0 Å². The smallest absolute Gasteiger partial charge is 0.277 e. The van der Waals surface area contributed by atoms with Gasteiger partial charge >= 0.3 is 0 Å². The van der Waals surface area contributed by atoms with E-state index in [-0.39, 0.29) is 12.5 Å². The average Bonchev–Trinajstić information content (AvgIpc) is 3.07. The number of nitrogens with one attached hydrogen (secondary N) is 1. The number of carbonyl (C=O) groups excluding carboxylic acids is 1. The Morgan fingerprint density at radius 1 is 1.43 bits per heavy atom. The average molecular weight is 312 g/mol. The number of ether oxygens (including phenoxy) is 1. The number of aryl methyl sites for hydroxylation is 1. The van der Waals surface area contributed by atoms with Gasteiger partial charge in [-0.1, -0.05) is 19.1 Å². The van der Waals surface area contributed by atoms with E-state index < -0.39 is 0 Å². The zero-order chi connectivity index (χ0) is 16.2. The lowest BCUT2D eigenvalue weighted by Crippen LogP contribution is -2.24. The van der Waals surface area contributed by atoms with Crippen LogP contribution < -0.4 is 10.2 Å². The lowest BCUT2D eigenvalue weighted by atomic mass is 10.2. The first-order valence-electron chi connectivity index (χ1n) is 7.73. The molecule has 0 saturated heterocycles. The Hall–Kier alpha value is -2.56. The van der Waals surface area contributed by atoms with E-state index in [1.807, 2.05) is 43.3 Å². The Labute approximate surface area is 135 Å². The first kappa shape index (κ1) is 15.3. The van der Waals surface area contributed by atoms with Gasteiger partial charge in [0.1, 0.15) is 17.3 Å². The van der Waals surface area contributed by atoms with Crippen molar-refractivity contribution in [2.45, 2.75) is 26.2 Å². The monoisotopic (exact) mass is 312 g/mol. The van der Waals surface area contributed by atoms with E-state index in [0.717, 1.165) is 11.3 Å². The van der Waals surface area contributed by atoms with E-state index in [1.54, 1.807) is 0 Å². The topological polar surface area (TPSA) is 63.8 Å². The van der Waals surface area contributed by atoms with Crippen LogP contribution in [0.25, 0.3) is 0 Å². The van der Waals surface area contributed by atoms with Crippen LogP contribution in [0.5, 0.6) is 5.75 Å². The quantitative estimate of drug-likeness (QED) is 0.658. The number of benzene rings is 1. The second-order valence-corrected chi connectivity index (χ2v) is 5.96. The fourth-order valence-corrected chi connectivity index (χ4v) is 2.41. The van der Waals surface area contributed by atoms with Crippen molar-refractivity contribution < 1.29 is 13.9 Å². The highest BCUT2D eigenvalue weighted by Crippen LogP contribution is 2.47. The van der Waals surface area contributed by atoms with Gasteiger partial charge < -0.3 is 9.15 Å². The number of hydrazone groups is 1. The predicted octanol–water partition coefficient (Wildman–Crippen LogP) is 3.24. The first-order valence-corrected chi connectivity index (χ1v) is 7.73. The Morgan fingerprint density at radius 3 is 3.00 bits per heavy atom. The molecule has 1 aliphatic rings. The van der Waals surface area contributed by atoms with E-state index in [0.29, 0.717) is 23.3 Å². The van der Waals surface area contributed by atoms with Crippen molar-refractivity contribution in [2.75, 3.05) is 6.61 Å². The molecule has 5 nitrogen and oxygen atoms in total. The van der Waals surface area contributed by atoms with Crippen molar-refractivity contribution in [3.63, 3.8) is 0 Å². The molecule has 1 aliphatic carbocycles. The third-order valence-corrected chi connectivity index (χ3v) is 3.86. The minimum absolute atomic E-state index is 0.0796. The minimum Gasteiger partial charge on any atom is -0.484 e. The van der Waals surface area contributed by atoms with Gasteiger partial charge in [0, 0.05) is 5.92 Å². The summed E-state index contributed by atoms with van der Waals surface area (Å²) < 4.78 is 11.1. The maximum absolute atomic E-state index is 11.7. The molecule has 1 aromatic carbocycles. The van der Waals surface area contributed by atoms with E-state index in [1.165, 1.54) is 12.6 Å². The first-order chi connectivity index (χ1) is 11.1. The van der Waals surface area contributed by atoms with Crippen LogP contribution in [0.1, 0.15) is 36.3 Å². The summed E-state index contributed by atoms with van der Waals surface area (Å²) in [5, 5.41) is 3.89. The molecular weight excluding hydrogens is 292 g/mol. The number of hydrogen-bond acceptors (Lipinski definition) is 4. The van der Waals surface area contributed by atoms with Crippen molar-refractivity contribution >= 4 is 12.1 Å². The molecule has 120 valence electrons. The van der Waals surface area contributed by atoms with Gasteiger partial charge in [-0.2, -0.15) is 5.10 Å². The molecule has 1 saturated carbocycles. The molecule has 0 spiro atoms. The van der Waals surface area contributed by atoms with Crippen LogP contribution in [0, 0.1) is 12.8 Å². The number of carbonyl (C=O) groups is 1. The molecule has 0 radical (unpaired) electrons. The molecule has 1 fully saturated rings.